The largest absolute Gasteiger partial charge is 0.461 e. The molecule has 18 heteroatoms. The minimum Gasteiger partial charge on any atom is -0.461 e. The molecule has 0 saturated heterocycles. The van der Waals surface area contributed by atoms with Crippen LogP contribution in [0.4, 0.5) is 61.9 Å². The monoisotopic (exact) mass is 549 g/mol. The summed E-state index contributed by atoms with van der Waals surface area (Å²) in [6.07, 6.45) is -13.5. The van der Waals surface area contributed by atoms with Crippen LogP contribution in [0, 0.1) is 0 Å². The average Bonchev–Trinajstić information content (AvgIpc) is 2.56. The highest BCUT2D eigenvalue weighted by Gasteiger charge is 2.90. The van der Waals surface area contributed by atoms with Crippen LogP contribution in [-0.2, 0) is 14.3 Å². The molecule has 208 valence electrons. The fourth-order valence-corrected chi connectivity index (χ4v) is 2.14. The highest BCUT2D eigenvalue weighted by molar-refractivity contribution is 5.81. The van der Waals surface area contributed by atoms with Gasteiger partial charge in [-0.05, 0) is 34.6 Å². The van der Waals surface area contributed by atoms with Crippen LogP contribution in [0.15, 0.2) is 0 Å². The molecular formula is C17H20F13NO4. The van der Waals surface area contributed by atoms with Gasteiger partial charge in [-0.25, -0.2) is 9.59 Å². The van der Waals surface area contributed by atoms with E-state index in [-0.39, 0.29) is 0 Å². The minimum absolute atomic E-state index is 1.07. The van der Waals surface area contributed by atoms with E-state index in [9.17, 15) is 66.7 Å². The topological polar surface area (TPSA) is 64.6 Å². The number of alkyl carbamates (subject to hydrolysis) is 1. The van der Waals surface area contributed by atoms with Crippen molar-refractivity contribution in [2.24, 2.45) is 0 Å². The standard InChI is InChI=1S/C17H20F13NO4/c1-7(2)34-9(32)8(31-10(33)35-11(3,4)5)6-12(18,19)13(20,21)14(22,23)15(24,25)16(26,27)17(28,29)30/h7-8H,6H2,1-5H3,(H,31,33). The number of amides is 1. The van der Waals surface area contributed by atoms with Crippen molar-refractivity contribution in [3.8, 4) is 0 Å². The van der Waals surface area contributed by atoms with Crippen molar-refractivity contribution < 1.29 is 76.1 Å². The summed E-state index contributed by atoms with van der Waals surface area (Å²) < 4.78 is 181. The van der Waals surface area contributed by atoms with E-state index in [1.54, 1.807) is 0 Å². The summed E-state index contributed by atoms with van der Waals surface area (Å²) >= 11 is 0. The van der Waals surface area contributed by atoms with Crippen LogP contribution in [0.5, 0.6) is 0 Å². The first kappa shape index (κ1) is 32.8. The van der Waals surface area contributed by atoms with E-state index in [1.807, 2.05) is 0 Å². The van der Waals surface area contributed by atoms with Gasteiger partial charge in [-0.15, -0.1) is 0 Å². The van der Waals surface area contributed by atoms with Crippen LogP contribution in [0.3, 0.4) is 0 Å². The van der Waals surface area contributed by atoms with Gasteiger partial charge in [0, 0.05) is 6.42 Å². The maximum absolute atomic E-state index is 14.2. The van der Waals surface area contributed by atoms with Gasteiger partial charge in [-0.2, -0.15) is 57.1 Å². The minimum atomic E-state index is -8.09. The van der Waals surface area contributed by atoms with Crippen molar-refractivity contribution in [2.75, 3.05) is 0 Å². The van der Waals surface area contributed by atoms with Crippen LogP contribution >= 0.6 is 0 Å². The molecule has 0 aliphatic rings. The lowest BCUT2D eigenvalue weighted by Crippen LogP contribution is -2.70. The molecule has 0 aromatic carbocycles. The third-order valence-electron chi connectivity index (χ3n) is 3.79. The maximum Gasteiger partial charge on any atom is 0.460 e. The Hall–Kier alpha value is -2.17. The van der Waals surface area contributed by atoms with Gasteiger partial charge >= 0.3 is 47.9 Å². The third kappa shape index (κ3) is 6.74. The number of nitrogens with one attached hydrogen (secondary N) is 1. The van der Waals surface area contributed by atoms with E-state index in [2.05, 4.69) is 9.47 Å². The quantitative estimate of drug-likeness (QED) is 0.285. The number of halogens is 13. The molecule has 0 fully saturated rings. The van der Waals surface area contributed by atoms with Crippen molar-refractivity contribution in [3.05, 3.63) is 0 Å². The summed E-state index contributed by atoms with van der Waals surface area (Å²) in [4.78, 5) is 23.6. The zero-order valence-corrected chi connectivity index (χ0v) is 18.4. The molecule has 35 heavy (non-hydrogen) atoms. The predicted molar refractivity (Wildman–Crippen MR) is 89.8 cm³/mol. The molecule has 1 amide bonds. The number of ether oxygens (including phenoxy) is 2. The number of rotatable bonds is 9. The zero-order valence-electron chi connectivity index (χ0n) is 18.4. The normalized spacial score (nSPS) is 15.6. The Balaban J connectivity index is 6.37. The molecule has 0 aliphatic heterocycles. The molecule has 0 saturated carbocycles. The molecule has 0 aromatic heterocycles. The zero-order chi connectivity index (χ0) is 28.6. The summed E-state index contributed by atoms with van der Waals surface area (Å²) in [6, 6.07) is -3.03. The van der Waals surface area contributed by atoms with Crippen LogP contribution < -0.4 is 5.32 Å². The van der Waals surface area contributed by atoms with E-state index in [1.165, 1.54) is 26.1 Å². The second-order valence-corrected chi connectivity index (χ2v) is 8.39. The van der Waals surface area contributed by atoms with Gasteiger partial charge in [0.15, 0.2) is 0 Å². The number of hydrogen-bond acceptors (Lipinski definition) is 4. The summed E-state index contributed by atoms with van der Waals surface area (Å²) in [5, 5.41) is 1.24. The number of carbonyl (C=O) groups is 2. The SMILES string of the molecule is CC(C)OC(=O)C(CC(F)(F)C(F)(F)C(F)(F)C(F)(F)C(F)(F)C(F)(F)F)NC(=O)OC(C)(C)C. The predicted octanol–water partition coefficient (Wildman–Crippen LogP) is 5.96. The van der Waals surface area contributed by atoms with Crippen LogP contribution in [0.2, 0.25) is 0 Å². The Kier molecular flexibility index (Phi) is 9.10. The molecule has 0 radical (unpaired) electrons. The molecule has 0 aromatic rings. The molecule has 0 aliphatic carbocycles. The molecule has 0 heterocycles. The Morgan fingerprint density at radius 2 is 1.11 bits per heavy atom. The number of hydrogen-bond donors (Lipinski definition) is 1. The number of esters is 1. The van der Waals surface area contributed by atoms with Crippen LogP contribution in [0.1, 0.15) is 41.0 Å². The molecule has 1 N–H and O–H groups in total. The molecule has 1 atom stereocenters. The van der Waals surface area contributed by atoms with Gasteiger partial charge < -0.3 is 14.8 Å². The Morgan fingerprint density at radius 3 is 1.46 bits per heavy atom. The second kappa shape index (κ2) is 9.71. The molecule has 0 bridgehead atoms. The highest BCUT2D eigenvalue weighted by Crippen LogP contribution is 2.60. The van der Waals surface area contributed by atoms with Crippen molar-refractivity contribution in [2.45, 2.75) is 94.6 Å². The Labute approximate surface area is 189 Å². The van der Waals surface area contributed by atoms with Gasteiger partial charge in [-0.1, -0.05) is 0 Å². The van der Waals surface area contributed by atoms with Gasteiger partial charge in [0.25, 0.3) is 0 Å². The van der Waals surface area contributed by atoms with Gasteiger partial charge in [0.1, 0.15) is 11.6 Å². The molecular weight excluding hydrogens is 529 g/mol. The van der Waals surface area contributed by atoms with Gasteiger partial charge in [0.05, 0.1) is 6.10 Å². The smallest absolute Gasteiger partial charge is 0.460 e. The summed E-state index contributed by atoms with van der Waals surface area (Å²) in [7, 11) is 0. The first-order valence-electron chi connectivity index (χ1n) is 9.21. The van der Waals surface area contributed by atoms with Gasteiger partial charge in [0.2, 0.25) is 0 Å². The lowest BCUT2D eigenvalue weighted by molar-refractivity contribution is -0.440. The van der Waals surface area contributed by atoms with Gasteiger partial charge in [-0.3, -0.25) is 0 Å². The first-order chi connectivity index (χ1) is 15.0. The lowest BCUT2D eigenvalue weighted by Gasteiger charge is -2.40. The fraction of sp³-hybridized carbons (Fsp3) is 0.882. The van der Waals surface area contributed by atoms with Crippen molar-refractivity contribution in [1.82, 2.24) is 5.32 Å². The van der Waals surface area contributed by atoms with E-state index < -0.39 is 72.0 Å². The van der Waals surface area contributed by atoms with E-state index in [4.69, 9.17) is 0 Å². The fourth-order valence-electron chi connectivity index (χ4n) is 2.14. The summed E-state index contributed by atoms with van der Waals surface area (Å²) in [5.74, 6) is -40.2. The van der Waals surface area contributed by atoms with Crippen LogP contribution in [0.25, 0.3) is 0 Å². The molecule has 1 unspecified atom stereocenters. The summed E-state index contributed by atoms with van der Waals surface area (Å²) in [5.41, 5.74) is -1.40. The number of alkyl halides is 13. The Morgan fingerprint density at radius 1 is 0.714 bits per heavy atom. The van der Waals surface area contributed by atoms with Crippen molar-refractivity contribution in [3.63, 3.8) is 0 Å². The third-order valence-corrected chi connectivity index (χ3v) is 3.79. The van der Waals surface area contributed by atoms with Crippen molar-refractivity contribution in [1.29, 1.82) is 0 Å². The summed E-state index contributed by atoms with van der Waals surface area (Å²) in [6.45, 7) is 5.73. The lowest BCUT2D eigenvalue weighted by atomic mass is 9.91. The van der Waals surface area contributed by atoms with Crippen LogP contribution in [-0.4, -0.2) is 65.6 Å². The van der Waals surface area contributed by atoms with E-state index in [0.717, 1.165) is 13.8 Å². The molecule has 5 nitrogen and oxygen atoms in total. The highest BCUT2D eigenvalue weighted by atomic mass is 19.4. The second-order valence-electron chi connectivity index (χ2n) is 8.39. The van der Waals surface area contributed by atoms with E-state index >= 15 is 0 Å². The number of carbonyl (C=O) groups excluding carboxylic acids is 2. The first-order valence-corrected chi connectivity index (χ1v) is 9.21. The Bertz CT molecular complexity index is 773. The average molecular weight is 549 g/mol. The van der Waals surface area contributed by atoms with Crippen molar-refractivity contribution >= 4 is 12.1 Å². The molecule has 0 rings (SSSR count). The molecule has 0 spiro atoms. The van der Waals surface area contributed by atoms with E-state index in [0.29, 0.717) is 0 Å². The maximum atomic E-state index is 14.2.